The van der Waals surface area contributed by atoms with Gasteiger partial charge in [0, 0.05) is 32.4 Å². The van der Waals surface area contributed by atoms with Gasteiger partial charge < -0.3 is 25.4 Å². The number of nitrogens with zero attached hydrogens (tertiary/aromatic N) is 4. The largest absolute Gasteiger partial charge is 0.480 e. The summed E-state index contributed by atoms with van der Waals surface area (Å²) >= 11 is 6.32. The first-order chi connectivity index (χ1) is 19.5. The van der Waals surface area contributed by atoms with E-state index in [1.807, 2.05) is 20.8 Å². The normalized spacial score (nSPS) is 16.6. The highest BCUT2D eigenvalue weighted by molar-refractivity contribution is 6.31. The lowest BCUT2D eigenvalue weighted by atomic mass is 10.00. The van der Waals surface area contributed by atoms with E-state index < -0.39 is 17.4 Å². The molecule has 0 aromatic carbocycles. The Balaban J connectivity index is 1.31. The highest BCUT2D eigenvalue weighted by Gasteiger charge is 2.55. The maximum absolute atomic E-state index is 13.3. The van der Waals surface area contributed by atoms with Crippen LogP contribution in [0.15, 0.2) is 18.3 Å². The standard InChI is InChI=1S/C30H45ClN6O4/c1-29(2,3)41-19-18-37(16-6-5-9-22-11-10-21-8-7-15-32-26(21)34-22)17-12-24(27(38)39)35-28(40)30(13-14-30)25-23(31)20-33-36(25)4/h10-11,20,24H,5-9,12-19H2,1-4H3,(H,32,34)(H,35,40)(H,38,39). The Kier molecular flexibility index (Phi) is 10.3. The summed E-state index contributed by atoms with van der Waals surface area (Å²) < 4.78 is 7.57. The van der Waals surface area contributed by atoms with Crippen molar-refractivity contribution in [3.8, 4) is 0 Å². The first-order valence-electron chi connectivity index (χ1n) is 14.8. The number of fused-ring (bicyclic) bond motifs is 1. The Morgan fingerprint density at radius 2 is 2.02 bits per heavy atom. The molecule has 1 fully saturated rings. The van der Waals surface area contributed by atoms with Crippen LogP contribution in [0.3, 0.4) is 0 Å². The smallest absolute Gasteiger partial charge is 0.326 e. The first-order valence-corrected chi connectivity index (χ1v) is 15.2. The van der Waals surface area contributed by atoms with Crippen LogP contribution in [0.2, 0.25) is 5.02 Å². The van der Waals surface area contributed by atoms with Gasteiger partial charge in [0.05, 0.1) is 34.5 Å². The van der Waals surface area contributed by atoms with Gasteiger partial charge in [0.15, 0.2) is 0 Å². The van der Waals surface area contributed by atoms with E-state index in [1.165, 1.54) is 11.8 Å². The number of carbonyl (C=O) groups excluding carboxylic acids is 1. The van der Waals surface area contributed by atoms with Crippen molar-refractivity contribution in [2.45, 2.75) is 89.2 Å². The van der Waals surface area contributed by atoms with Crippen LogP contribution in [-0.2, 0) is 39.6 Å². The third-order valence-corrected chi connectivity index (χ3v) is 8.20. The summed E-state index contributed by atoms with van der Waals surface area (Å²) in [6.07, 6.45) is 8.12. The first kappa shape index (κ1) is 31.3. The second-order valence-electron chi connectivity index (χ2n) is 12.3. The molecule has 1 aliphatic heterocycles. The molecule has 3 heterocycles. The highest BCUT2D eigenvalue weighted by Crippen LogP contribution is 2.50. The lowest BCUT2D eigenvalue weighted by Gasteiger charge is -2.27. The zero-order valence-electron chi connectivity index (χ0n) is 24.8. The molecule has 3 N–H and O–H groups in total. The molecule has 2 aromatic rings. The van der Waals surface area contributed by atoms with E-state index in [-0.39, 0.29) is 11.5 Å². The van der Waals surface area contributed by atoms with Crippen molar-refractivity contribution in [3.05, 3.63) is 40.3 Å². The summed E-state index contributed by atoms with van der Waals surface area (Å²) in [6, 6.07) is 3.32. The Hall–Kier alpha value is -2.69. The number of hydrogen-bond acceptors (Lipinski definition) is 7. The van der Waals surface area contributed by atoms with Crippen LogP contribution in [0, 0.1) is 0 Å². The summed E-state index contributed by atoms with van der Waals surface area (Å²) in [4.78, 5) is 32.5. The van der Waals surface area contributed by atoms with Gasteiger partial charge in [0.2, 0.25) is 5.91 Å². The van der Waals surface area contributed by atoms with Crippen LogP contribution >= 0.6 is 11.6 Å². The Morgan fingerprint density at radius 1 is 1.24 bits per heavy atom. The lowest BCUT2D eigenvalue weighted by Crippen LogP contribution is -2.47. The molecule has 4 rings (SSSR count). The summed E-state index contributed by atoms with van der Waals surface area (Å²) in [7, 11) is 1.75. The molecule has 0 bridgehead atoms. The highest BCUT2D eigenvalue weighted by atomic mass is 35.5. The van der Waals surface area contributed by atoms with E-state index in [1.54, 1.807) is 11.7 Å². The zero-order chi connectivity index (χ0) is 29.6. The molecule has 1 amide bonds. The Labute approximate surface area is 248 Å². The minimum Gasteiger partial charge on any atom is -0.480 e. The summed E-state index contributed by atoms with van der Waals surface area (Å²) in [5.41, 5.74) is 1.97. The fourth-order valence-electron chi connectivity index (χ4n) is 5.48. The number of aromatic nitrogens is 3. The molecule has 226 valence electrons. The number of hydrogen-bond donors (Lipinski definition) is 3. The Morgan fingerprint density at radius 3 is 2.68 bits per heavy atom. The van der Waals surface area contributed by atoms with Crippen molar-refractivity contribution in [2.24, 2.45) is 7.05 Å². The maximum Gasteiger partial charge on any atom is 0.326 e. The van der Waals surface area contributed by atoms with Crippen LogP contribution in [0.4, 0.5) is 5.82 Å². The van der Waals surface area contributed by atoms with Gasteiger partial charge in [-0.3, -0.25) is 9.48 Å². The van der Waals surface area contributed by atoms with Crippen molar-refractivity contribution in [1.29, 1.82) is 0 Å². The molecule has 10 nitrogen and oxygen atoms in total. The minimum absolute atomic E-state index is 0.249. The van der Waals surface area contributed by atoms with Crippen LogP contribution in [0.5, 0.6) is 0 Å². The molecule has 11 heteroatoms. The van der Waals surface area contributed by atoms with Crippen molar-refractivity contribution in [2.75, 3.05) is 38.1 Å². The number of pyridine rings is 1. The van der Waals surface area contributed by atoms with Crippen LogP contribution in [-0.4, -0.2) is 81.1 Å². The average Bonchev–Trinajstić information content (AvgIpc) is 3.65. The predicted molar refractivity (Wildman–Crippen MR) is 159 cm³/mol. The van der Waals surface area contributed by atoms with Gasteiger partial charge in [-0.2, -0.15) is 5.10 Å². The molecular weight excluding hydrogens is 544 g/mol. The fourth-order valence-corrected chi connectivity index (χ4v) is 5.82. The lowest BCUT2D eigenvalue weighted by molar-refractivity contribution is -0.142. The molecule has 41 heavy (non-hydrogen) atoms. The molecule has 0 saturated heterocycles. The fraction of sp³-hybridized carbons (Fsp3) is 0.667. The number of carboxylic acid groups (broad SMARTS) is 1. The van der Waals surface area contributed by atoms with E-state index in [4.69, 9.17) is 21.3 Å². The number of unbranched alkanes of at least 4 members (excludes halogenated alkanes) is 1. The molecule has 1 saturated carbocycles. The predicted octanol–water partition coefficient (Wildman–Crippen LogP) is 3.96. The van der Waals surface area contributed by atoms with Gasteiger partial charge in [-0.25, -0.2) is 9.78 Å². The third kappa shape index (κ3) is 8.42. The number of rotatable bonds is 15. The molecule has 0 spiro atoms. The zero-order valence-corrected chi connectivity index (χ0v) is 25.6. The molecule has 2 aromatic heterocycles. The van der Waals surface area contributed by atoms with Crippen molar-refractivity contribution in [3.63, 3.8) is 0 Å². The quantitative estimate of drug-likeness (QED) is 0.267. The second-order valence-corrected chi connectivity index (χ2v) is 12.7. The van der Waals surface area contributed by atoms with E-state index >= 15 is 0 Å². The minimum atomic E-state index is -1.04. The molecular formula is C30H45ClN6O4. The molecule has 2 aliphatic rings. The van der Waals surface area contributed by atoms with E-state index in [0.717, 1.165) is 56.7 Å². The summed E-state index contributed by atoms with van der Waals surface area (Å²) in [5, 5.41) is 20.7. The number of anilines is 1. The summed E-state index contributed by atoms with van der Waals surface area (Å²) in [6.45, 7) is 9.63. The number of nitrogens with one attached hydrogen (secondary N) is 2. The van der Waals surface area contributed by atoms with Gasteiger partial charge >= 0.3 is 5.97 Å². The molecule has 0 radical (unpaired) electrons. The number of aryl methyl sites for hydroxylation is 3. The van der Waals surface area contributed by atoms with Gasteiger partial charge in [-0.15, -0.1) is 0 Å². The number of amides is 1. The van der Waals surface area contributed by atoms with E-state index in [9.17, 15) is 14.7 Å². The van der Waals surface area contributed by atoms with Gasteiger partial charge in [-0.05, 0) is 90.3 Å². The van der Waals surface area contributed by atoms with E-state index in [0.29, 0.717) is 49.7 Å². The van der Waals surface area contributed by atoms with Crippen LogP contribution in [0.1, 0.15) is 76.2 Å². The number of carbonyl (C=O) groups is 2. The monoisotopic (exact) mass is 588 g/mol. The molecule has 1 aliphatic carbocycles. The van der Waals surface area contributed by atoms with Gasteiger partial charge in [0.1, 0.15) is 11.9 Å². The maximum atomic E-state index is 13.3. The summed E-state index contributed by atoms with van der Waals surface area (Å²) in [5.74, 6) is -0.316. The number of aliphatic carboxylic acids is 1. The number of carboxylic acids is 1. The molecule has 1 atom stereocenters. The average molecular weight is 589 g/mol. The number of halogens is 1. The van der Waals surface area contributed by atoms with Crippen molar-refractivity contribution >= 4 is 29.3 Å². The third-order valence-electron chi connectivity index (χ3n) is 7.92. The second kappa shape index (κ2) is 13.5. The number of ether oxygens (including phenoxy) is 1. The Bertz CT molecular complexity index is 1190. The van der Waals surface area contributed by atoms with Crippen LogP contribution in [0.25, 0.3) is 0 Å². The van der Waals surface area contributed by atoms with Crippen LogP contribution < -0.4 is 10.6 Å². The van der Waals surface area contributed by atoms with Crippen molar-refractivity contribution < 1.29 is 19.4 Å². The van der Waals surface area contributed by atoms with E-state index in [2.05, 4.69) is 32.8 Å². The van der Waals surface area contributed by atoms with Gasteiger partial charge in [0.25, 0.3) is 0 Å². The topological polar surface area (TPSA) is 122 Å². The molecule has 1 unspecified atom stereocenters. The van der Waals surface area contributed by atoms with Crippen molar-refractivity contribution in [1.82, 2.24) is 25.0 Å². The van der Waals surface area contributed by atoms with Gasteiger partial charge in [-0.1, -0.05) is 17.7 Å². The SMILES string of the molecule is Cn1ncc(Cl)c1C1(C(=O)NC(CCN(CCCCc2ccc3c(n2)NCCC3)CCOC(C)(C)C)C(=O)O)CC1.